The van der Waals surface area contributed by atoms with Gasteiger partial charge in [0.25, 0.3) is 0 Å². The van der Waals surface area contributed by atoms with Crippen LogP contribution in [0.4, 0.5) is 0 Å². The van der Waals surface area contributed by atoms with Gasteiger partial charge in [0.1, 0.15) is 0 Å². The summed E-state index contributed by atoms with van der Waals surface area (Å²) < 4.78 is 23.8. The van der Waals surface area contributed by atoms with Crippen molar-refractivity contribution in [2.75, 3.05) is 19.8 Å². The number of carbonyl (C=O) groups is 1. The molecule has 0 radical (unpaired) electrons. The quantitative estimate of drug-likeness (QED) is 0.834. The van der Waals surface area contributed by atoms with E-state index in [9.17, 15) is 13.2 Å². The first kappa shape index (κ1) is 16.5. The molecule has 5 nitrogen and oxygen atoms in total. The fourth-order valence-electron chi connectivity index (χ4n) is 3.85. The maximum atomic E-state index is 12.6. The van der Waals surface area contributed by atoms with E-state index >= 15 is 0 Å². The summed E-state index contributed by atoms with van der Waals surface area (Å²) in [6, 6.07) is 8.06. The molecule has 126 valence electrons. The van der Waals surface area contributed by atoms with Gasteiger partial charge in [0.05, 0.1) is 11.8 Å². The monoisotopic (exact) mass is 336 g/mol. The Morgan fingerprint density at radius 1 is 1.22 bits per heavy atom. The highest BCUT2D eigenvalue weighted by atomic mass is 32.2. The molecule has 0 unspecified atom stereocenters. The van der Waals surface area contributed by atoms with Gasteiger partial charge >= 0.3 is 0 Å². The Morgan fingerprint density at radius 3 is 2.39 bits per heavy atom. The summed E-state index contributed by atoms with van der Waals surface area (Å²) in [4.78, 5) is 16.4. The van der Waals surface area contributed by atoms with Crippen LogP contribution in [0.15, 0.2) is 24.3 Å². The average molecular weight is 336 g/mol. The topological polar surface area (TPSA) is 57.7 Å². The molecule has 1 amide bonds. The number of likely N-dealkylation sites (N-methyl/N-ethyl adjacent to an activating group) is 1. The van der Waals surface area contributed by atoms with Gasteiger partial charge in [-0.05, 0) is 30.4 Å². The smallest absolute Gasteiger partial charge is 0.236 e. The molecule has 1 aliphatic carbocycles. The van der Waals surface area contributed by atoms with Gasteiger partial charge in [0.15, 0.2) is 9.84 Å². The van der Waals surface area contributed by atoms with Crippen LogP contribution in [-0.2, 0) is 27.7 Å². The van der Waals surface area contributed by atoms with Crippen LogP contribution in [0.2, 0.25) is 0 Å². The van der Waals surface area contributed by atoms with Crippen molar-refractivity contribution in [3.8, 4) is 0 Å². The molecule has 0 bridgehead atoms. The zero-order valence-corrected chi connectivity index (χ0v) is 14.6. The predicted molar refractivity (Wildman–Crippen MR) is 89.6 cm³/mol. The molecule has 2 atom stereocenters. The van der Waals surface area contributed by atoms with Crippen molar-refractivity contribution in [2.45, 2.75) is 43.6 Å². The Balaban J connectivity index is 1.63. The molecule has 0 aromatic heterocycles. The lowest BCUT2D eigenvalue weighted by atomic mass is 10.1. The van der Waals surface area contributed by atoms with Gasteiger partial charge in [-0.25, -0.2) is 8.42 Å². The molecule has 1 aromatic rings. The van der Waals surface area contributed by atoms with Crippen molar-refractivity contribution in [2.24, 2.45) is 0 Å². The summed E-state index contributed by atoms with van der Waals surface area (Å²) in [5, 5.41) is -0.410. The van der Waals surface area contributed by atoms with Gasteiger partial charge in [-0.1, -0.05) is 24.3 Å². The SMILES string of the molecule is CN(C(=O)CN1Cc2ccccc2C1)[C@H]1CCC[C@@H]1S(C)(=O)=O. The van der Waals surface area contributed by atoms with E-state index in [1.54, 1.807) is 11.9 Å². The van der Waals surface area contributed by atoms with Crippen molar-refractivity contribution in [3.63, 3.8) is 0 Å². The number of amides is 1. The largest absolute Gasteiger partial charge is 0.340 e. The van der Waals surface area contributed by atoms with Crippen molar-refractivity contribution >= 4 is 15.7 Å². The summed E-state index contributed by atoms with van der Waals surface area (Å²) in [6.45, 7) is 1.92. The van der Waals surface area contributed by atoms with Crippen LogP contribution >= 0.6 is 0 Å². The van der Waals surface area contributed by atoms with Crippen LogP contribution in [0.1, 0.15) is 30.4 Å². The van der Waals surface area contributed by atoms with Crippen LogP contribution in [0.25, 0.3) is 0 Å². The van der Waals surface area contributed by atoms with E-state index < -0.39 is 15.1 Å². The zero-order chi connectivity index (χ0) is 16.6. The molecule has 6 heteroatoms. The molecule has 0 saturated heterocycles. The number of hydrogen-bond donors (Lipinski definition) is 0. The van der Waals surface area contributed by atoms with Crippen LogP contribution in [-0.4, -0.2) is 55.3 Å². The summed E-state index contributed by atoms with van der Waals surface area (Å²) in [5.74, 6) is 0.0124. The minimum atomic E-state index is -3.11. The van der Waals surface area contributed by atoms with Gasteiger partial charge < -0.3 is 4.90 Å². The number of nitrogens with zero attached hydrogens (tertiary/aromatic N) is 2. The van der Waals surface area contributed by atoms with Gasteiger partial charge in [-0.15, -0.1) is 0 Å². The van der Waals surface area contributed by atoms with Crippen molar-refractivity contribution in [1.82, 2.24) is 9.80 Å². The lowest BCUT2D eigenvalue weighted by molar-refractivity contribution is -0.133. The lowest BCUT2D eigenvalue weighted by Crippen LogP contribution is -2.47. The second-order valence-corrected chi connectivity index (χ2v) is 9.05. The average Bonchev–Trinajstić information content (AvgIpc) is 3.11. The minimum Gasteiger partial charge on any atom is -0.340 e. The standard InChI is InChI=1S/C17H24N2O3S/c1-18(15-8-5-9-16(15)23(2,21)22)17(20)12-19-10-13-6-3-4-7-14(13)11-19/h3-4,6-7,15-16H,5,8-12H2,1-2H3/t15-,16-/m0/s1. The normalized spacial score (nSPS) is 24.6. The minimum absolute atomic E-state index is 0.0124. The fourth-order valence-corrected chi connectivity index (χ4v) is 5.34. The number of benzene rings is 1. The molecule has 1 aliphatic heterocycles. The van der Waals surface area contributed by atoms with Crippen LogP contribution in [0.5, 0.6) is 0 Å². The number of sulfone groups is 1. The van der Waals surface area contributed by atoms with Gasteiger partial charge in [0.2, 0.25) is 5.91 Å². The first-order valence-corrected chi connectivity index (χ1v) is 10.1. The predicted octanol–water partition coefficient (Wildman–Crippen LogP) is 1.43. The van der Waals surface area contributed by atoms with E-state index in [-0.39, 0.29) is 11.9 Å². The summed E-state index contributed by atoms with van der Waals surface area (Å²) >= 11 is 0. The third kappa shape index (κ3) is 3.43. The highest BCUT2D eigenvalue weighted by Crippen LogP contribution is 2.29. The van der Waals surface area contributed by atoms with Gasteiger partial charge in [0, 0.05) is 32.4 Å². The van der Waals surface area contributed by atoms with E-state index in [1.165, 1.54) is 17.4 Å². The highest BCUT2D eigenvalue weighted by molar-refractivity contribution is 7.91. The first-order valence-electron chi connectivity index (χ1n) is 8.10. The second-order valence-electron chi connectivity index (χ2n) is 6.78. The van der Waals surface area contributed by atoms with Gasteiger partial charge in [-0.2, -0.15) is 0 Å². The molecule has 1 fully saturated rings. The van der Waals surface area contributed by atoms with E-state index in [0.717, 1.165) is 25.9 Å². The Hall–Kier alpha value is -1.40. The highest BCUT2D eigenvalue weighted by Gasteiger charge is 2.39. The molecule has 1 saturated carbocycles. The zero-order valence-electron chi connectivity index (χ0n) is 13.7. The maximum Gasteiger partial charge on any atom is 0.236 e. The molecule has 1 aromatic carbocycles. The molecule has 0 spiro atoms. The molecule has 1 heterocycles. The Morgan fingerprint density at radius 2 is 1.83 bits per heavy atom. The van der Waals surface area contributed by atoms with Crippen molar-refractivity contribution in [1.29, 1.82) is 0 Å². The third-order valence-electron chi connectivity index (χ3n) is 5.12. The van der Waals surface area contributed by atoms with Crippen molar-refractivity contribution in [3.05, 3.63) is 35.4 Å². The number of carbonyl (C=O) groups excluding carboxylic acids is 1. The number of rotatable bonds is 4. The number of hydrogen-bond acceptors (Lipinski definition) is 4. The lowest BCUT2D eigenvalue weighted by Gasteiger charge is -2.30. The Labute approximate surface area is 138 Å². The molecule has 3 rings (SSSR count). The second kappa shape index (κ2) is 6.24. The van der Waals surface area contributed by atoms with E-state index in [4.69, 9.17) is 0 Å². The first-order chi connectivity index (χ1) is 10.9. The van der Waals surface area contributed by atoms with Crippen LogP contribution < -0.4 is 0 Å². The van der Waals surface area contributed by atoms with E-state index in [0.29, 0.717) is 13.0 Å². The Bertz CT molecular complexity index is 677. The molecular weight excluding hydrogens is 312 g/mol. The number of fused-ring (bicyclic) bond motifs is 1. The summed E-state index contributed by atoms with van der Waals surface area (Å²) in [7, 11) is -1.36. The molecule has 2 aliphatic rings. The maximum absolute atomic E-state index is 12.6. The molecule has 0 N–H and O–H groups in total. The van der Waals surface area contributed by atoms with Crippen LogP contribution in [0.3, 0.4) is 0 Å². The molecular formula is C17H24N2O3S. The van der Waals surface area contributed by atoms with Crippen molar-refractivity contribution < 1.29 is 13.2 Å². The third-order valence-corrected chi connectivity index (χ3v) is 6.77. The summed E-state index contributed by atoms with van der Waals surface area (Å²) in [6.07, 6.45) is 3.59. The fraction of sp³-hybridized carbons (Fsp3) is 0.588. The molecule has 23 heavy (non-hydrogen) atoms. The van der Waals surface area contributed by atoms with E-state index in [1.807, 2.05) is 12.1 Å². The Kier molecular flexibility index (Phi) is 4.47. The van der Waals surface area contributed by atoms with Gasteiger partial charge in [-0.3, -0.25) is 9.69 Å². The van der Waals surface area contributed by atoms with E-state index in [2.05, 4.69) is 17.0 Å². The van der Waals surface area contributed by atoms with Crippen LogP contribution in [0, 0.1) is 0 Å². The summed E-state index contributed by atoms with van der Waals surface area (Å²) in [5.41, 5.74) is 2.55.